The molecule has 0 radical (unpaired) electrons. The molecule has 39 heavy (non-hydrogen) atoms. The van der Waals surface area contributed by atoms with Gasteiger partial charge in [-0.05, 0) is 53.0 Å². The van der Waals surface area contributed by atoms with Crippen LogP contribution in [0.3, 0.4) is 0 Å². The Morgan fingerprint density at radius 3 is 2.41 bits per heavy atom. The van der Waals surface area contributed by atoms with Crippen LogP contribution in [0.1, 0.15) is 36.2 Å². The van der Waals surface area contributed by atoms with E-state index in [1.165, 1.54) is 13.2 Å². The molecule has 2 aromatic rings. The van der Waals surface area contributed by atoms with Gasteiger partial charge in [0.1, 0.15) is 35.9 Å². The predicted molar refractivity (Wildman–Crippen MR) is 146 cm³/mol. The highest BCUT2D eigenvalue weighted by atomic mass is 35.5. The molecule has 2 aliphatic rings. The third-order valence-electron chi connectivity index (χ3n) is 6.14. The van der Waals surface area contributed by atoms with Gasteiger partial charge in [0.25, 0.3) is 0 Å². The summed E-state index contributed by atoms with van der Waals surface area (Å²) in [6, 6.07) is 13.5. The molecule has 0 aliphatic carbocycles. The molecule has 0 saturated carbocycles. The van der Waals surface area contributed by atoms with E-state index in [0.717, 1.165) is 13.0 Å². The van der Waals surface area contributed by atoms with Crippen LogP contribution in [-0.4, -0.2) is 103 Å². The molecule has 3 N–H and O–H groups in total. The number of aliphatic hydroxyl groups excluding tert-OH is 2. The van der Waals surface area contributed by atoms with Gasteiger partial charge in [-0.25, -0.2) is 0 Å². The van der Waals surface area contributed by atoms with E-state index in [4.69, 9.17) is 28.8 Å². The number of phenolic OH excluding ortho intramolecular Hbond substituents is 1. The highest BCUT2D eigenvalue weighted by molar-refractivity contribution is 6.10. The minimum atomic E-state index is -1.01. The van der Waals surface area contributed by atoms with E-state index in [1.54, 1.807) is 36.4 Å². The third-order valence-corrected chi connectivity index (χ3v) is 6.14. The summed E-state index contributed by atoms with van der Waals surface area (Å²) in [6.07, 6.45) is -2.17. The van der Waals surface area contributed by atoms with Crippen LogP contribution in [0.15, 0.2) is 48.5 Å². The maximum atomic E-state index is 12.1. The normalized spacial score (nSPS) is 23.8. The van der Waals surface area contributed by atoms with Crippen molar-refractivity contribution in [3.63, 3.8) is 0 Å². The average molecular weight is 570 g/mol. The Kier molecular flexibility index (Phi) is 12.6. The summed E-state index contributed by atoms with van der Waals surface area (Å²) < 4.78 is 28.0. The van der Waals surface area contributed by atoms with Crippen molar-refractivity contribution in [3.8, 4) is 11.5 Å². The van der Waals surface area contributed by atoms with Crippen LogP contribution in [0.5, 0.6) is 11.5 Å². The van der Waals surface area contributed by atoms with Crippen molar-refractivity contribution in [1.29, 1.82) is 0 Å². The van der Waals surface area contributed by atoms with E-state index in [1.807, 2.05) is 34.0 Å². The summed E-state index contributed by atoms with van der Waals surface area (Å²) in [5.74, 6) is -0.480. The fourth-order valence-electron chi connectivity index (χ4n) is 4.28. The Labute approximate surface area is 235 Å². The number of carbonyl (C=O) groups is 1. The Balaban J connectivity index is 0.000000272. The van der Waals surface area contributed by atoms with Crippen molar-refractivity contribution in [1.82, 2.24) is 4.90 Å². The highest BCUT2D eigenvalue weighted by Gasteiger charge is 2.56. The molecule has 0 bridgehead atoms. The zero-order valence-corrected chi connectivity index (χ0v) is 23.8. The lowest BCUT2D eigenvalue weighted by atomic mass is 10.0. The van der Waals surface area contributed by atoms with Crippen molar-refractivity contribution in [2.45, 2.75) is 56.8 Å². The third kappa shape index (κ3) is 8.86. The molecule has 0 spiro atoms. The van der Waals surface area contributed by atoms with Crippen LogP contribution in [0.2, 0.25) is 0 Å². The molecule has 4 rings (SSSR count). The summed E-state index contributed by atoms with van der Waals surface area (Å²) in [5.41, 5.74) is 0.824. The quantitative estimate of drug-likeness (QED) is 0.290. The maximum Gasteiger partial charge on any atom is 0.196 e. The molecule has 2 fully saturated rings. The van der Waals surface area contributed by atoms with Gasteiger partial charge in [-0.1, -0.05) is 30.3 Å². The number of fused-ring (bicyclic) bond motifs is 1. The minimum Gasteiger partial charge on any atom is -0.507 e. The van der Waals surface area contributed by atoms with E-state index in [-0.39, 0.29) is 42.2 Å². The number of carbonyl (C=O) groups excluding carboxylic acids is 1. The van der Waals surface area contributed by atoms with Crippen LogP contribution in [0.4, 0.5) is 0 Å². The number of halogens is 1. The van der Waals surface area contributed by atoms with Gasteiger partial charge in [0, 0.05) is 18.2 Å². The van der Waals surface area contributed by atoms with Gasteiger partial charge in [0.05, 0.1) is 19.3 Å². The Bertz CT molecular complexity index is 1040. The molecule has 10 nitrogen and oxygen atoms in total. The molecular weight excluding hydrogens is 530 g/mol. The van der Waals surface area contributed by atoms with E-state index in [9.17, 15) is 15.0 Å². The molecule has 0 aromatic heterocycles. The molecule has 5 atom stereocenters. The number of methoxy groups -OCH3 is 1. The number of rotatable bonds is 10. The lowest BCUT2D eigenvalue weighted by Crippen LogP contribution is -2.44. The summed E-state index contributed by atoms with van der Waals surface area (Å²) in [4.78, 5) is 14.1. The fourth-order valence-corrected chi connectivity index (χ4v) is 4.28. The number of ether oxygens (including phenoxy) is 5. The van der Waals surface area contributed by atoms with Gasteiger partial charge in [-0.15, -0.1) is 12.4 Å². The van der Waals surface area contributed by atoms with Gasteiger partial charge in [-0.3, -0.25) is 4.79 Å². The standard InChI is InChI=1S/C14H27NO6.C14H12O3.ClH/c1-14(2)20-12-11(18-7-5-6-15(3)4)10(9(17)8-16)19-13(12)21-14;1-17-11-7-8-12(13(15)9-11)14(16)10-5-3-2-4-6-10;/h9-13,16-17H,5-8H2,1-4H3;2-9,15H,1H3;1H. The van der Waals surface area contributed by atoms with E-state index in [2.05, 4.69) is 4.90 Å². The van der Waals surface area contributed by atoms with Crippen LogP contribution >= 0.6 is 12.4 Å². The van der Waals surface area contributed by atoms with Crippen molar-refractivity contribution in [2.75, 3.05) is 41.0 Å². The van der Waals surface area contributed by atoms with Crippen LogP contribution in [-0.2, 0) is 18.9 Å². The van der Waals surface area contributed by atoms with E-state index in [0.29, 0.717) is 17.9 Å². The molecule has 2 aromatic carbocycles. The van der Waals surface area contributed by atoms with Crippen molar-refractivity contribution < 1.29 is 43.8 Å². The highest BCUT2D eigenvalue weighted by Crippen LogP contribution is 2.39. The number of benzene rings is 2. The van der Waals surface area contributed by atoms with Crippen LogP contribution < -0.4 is 4.74 Å². The lowest BCUT2D eigenvalue weighted by molar-refractivity contribution is -0.231. The summed E-state index contributed by atoms with van der Waals surface area (Å²) in [6.45, 7) is 4.70. The van der Waals surface area contributed by atoms with Crippen molar-refractivity contribution in [2.24, 2.45) is 0 Å². The number of hydrogen-bond donors (Lipinski definition) is 3. The first-order valence-electron chi connectivity index (χ1n) is 12.6. The zero-order chi connectivity index (χ0) is 27.9. The Morgan fingerprint density at radius 2 is 1.82 bits per heavy atom. The van der Waals surface area contributed by atoms with Gasteiger partial charge in [0.15, 0.2) is 17.9 Å². The second-order valence-corrected chi connectivity index (χ2v) is 9.89. The number of ketones is 1. The number of phenols is 1. The van der Waals surface area contributed by atoms with E-state index < -0.39 is 30.4 Å². The average Bonchev–Trinajstić information content (AvgIpc) is 3.38. The monoisotopic (exact) mass is 569 g/mol. The van der Waals surface area contributed by atoms with Gasteiger partial charge >= 0.3 is 0 Å². The minimum absolute atomic E-state index is 0. The summed E-state index contributed by atoms with van der Waals surface area (Å²) >= 11 is 0. The van der Waals surface area contributed by atoms with Crippen LogP contribution in [0, 0.1) is 0 Å². The first kappa shape index (κ1) is 32.9. The Hall–Kier alpha value is -2.28. The molecular formula is C28H40ClNO9. The molecule has 2 saturated heterocycles. The van der Waals surface area contributed by atoms with Gasteiger partial charge in [-0.2, -0.15) is 0 Å². The number of nitrogens with zero attached hydrogens (tertiary/aromatic N) is 1. The summed E-state index contributed by atoms with van der Waals surface area (Å²) in [5, 5.41) is 28.8. The molecule has 2 heterocycles. The number of hydrogen-bond acceptors (Lipinski definition) is 10. The first-order valence-corrected chi connectivity index (χ1v) is 12.6. The lowest BCUT2D eigenvalue weighted by Gasteiger charge is -2.28. The van der Waals surface area contributed by atoms with Gasteiger partial charge < -0.3 is 43.9 Å². The van der Waals surface area contributed by atoms with Crippen molar-refractivity contribution >= 4 is 18.2 Å². The fraction of sp³-hybridized carbons (Fsp3) is 0.536. The van der Waals surface area contributed by atoms with Gasteiger partial charge in [0.2, 0.25) is 0 Å². The number of aromatic hydroxyl groups is 1. The van der Waals surface area contributed by atoms with Crippen molar-refractivity contribution in [3.05, 3.63) is 59.7 Å². The smallest absolute Gasteiger partial charge is 0.196 e. The molecule has 11 heteroatoms. The number of aliphatic hydroxyl groups is 2. The first-order chi connectivity index (χ1) is 18.1. The second kappa shape index (κ2) is 14.9. The largest absolute Gasteiger partial charge is 0.507 e. The van der Waals surface area contributed by atoms with E-state index >= 15 is 0 Å². The molecule has 0 amide bonds. The maximum absolute atomic E-state index is 12.1. The molecule has 2 aliphatic heterocycles. The molecule has 5 unspecified atom stereocenters. The summed E-state index contributed by atoms with van der Waals surface area (Å²) in [7, 11) is 5.51. The molecule has 218 valence electrons. The second-order valence-electron chi connectivity index (χ2n) is 9.89. The topological polar surface area (TPSA) is 127 Å². The Morgan fingerprint density at radius 1 is 1.13 bits per heavy atom. The predicted octanol–water partition coefficient (Wildman–Crippen LogP) is 2.61. The van der Waals surface area contributed by atoms with Crippen LogP contribution in [0.25, 0.3) is 0 Å². The zero-order valence-electron chi connectivity index (χ0n) is 23.0. The SMILES string of the molecule is CN(C)CCCOC1C(C(O)CO)OC2OC(C)(C)OC21.COc1ccc(C(=O)c2ccccc2)c(O)c1.Cl.